The van der Waals surface area contributed by atoms with Crippen molar-refractivity contribution in [1.29, 1.82) is 0 Å². The number of aliphatic carboxylic acids is 1. The van der Waals surface area contributed by atoms with Crippen molar-refractivity contribution in [3.05, 3.63) is 0 Å². The second-order valence-corrected chi connectivity index (χ2v) is 4.06. The number of aliphatic hydroxyl groups is 1. The molecule has 0 saturated heterocycles. The number of carboxylic acid groups (broad SMARTS) is 1. The van der Waals surface area contributed by atoms with Gasteiger partial charge in [0.1, 0.15) is 0 Å². The summed E-state index contributed by atoms with van der Waals surface area (Å²) in [6.45, 7) is 5.45. The summed E-state index contributed by atoms with van der Waals surface area (Å²) in [4.78, 5) is 23.9. The summed E-state index contributed by atoms with van der Waals surface area (Å²) in [5.74, 6) is -1.23. The molecule has 15 heavy (non-hydrogen) atoms. The van der Waals surface area contributed by atoms with E-state index in [4.69, 9.17) is 10.2 Å². The SMILES string of the molecule is CCN(CCO)C(=O)CC(C)(C)C(=O)O. The number of aliphatic hydroxyl groups excluding tert-OH is 1. The van der Waals surface area contributed by atoms with Gasteiger partial charge in [-0.1, -0.05) is 0 Å². The maximum atomic E-state index is 11.6. The minimum absolute atomic E-state index is 0.0455. The average Bonchev–Trinajstić information content (AvgIpc) is 2.12. The number of hydrogen-bond acceptors (Lipinski definition) is 3. The minimum atomic E-state index is -1.06. The molecule has 0 heterocycles. The van der Waals surface area contributed by atoms with Gasteiger partial charge in [-0.05, 0) is 20.8 Å². The maximum absolute atomic E-state index is 11.6. The van der Waals surface area contributed by atoms with Crippen LogP contribution >= 0.6 is 0 Å². The second-order valence-electron chi connectivity index (χ2n) is 4.06. The Labute approximate surface area is 89.7 Å². The molecular formula is C10H19NO4. The van der Waals surface area contributed by atoms with Crippen LogP contribution in [0.1, 0.15) is 27.2 Å². The number of carbonyl (C=O) groups is 2. The lowest BCUT2D eigenvalue weighted by atomic mass is 9.89. The van der Waals surface area contributed by atoms with E-state index >= 15 is 0 Å². The first kappa shape index (κ1) is 13.9. The monoisotopic (exact) mass is 217 g/mol. The van der Waals surface area contributed by atoms with E-state index in [-0.39, 0.29) is 25.5 Å². The van der Waals surface area contributed by atoms with Gasteiger partial charge in [-0.15, -0.1) is 0 Å². The van der Waals surface area contributed by atoms with Crippen LogP contribution < -0.4 is 0 Å². The first-order valence-corrected chi connectivity index (χ1v) is 4.97. The van der Waals surface area contributed by atoms with Gasteiger partial charge in [-0.3, -0.25) is 9.59 Å². The standard InChI is InChI=1S/C10H19NO4/c1-4-11(5-6-12)8(13)7-10(2,3)9(14)15/h12H,4-7H2,1-3H3,(H,14,15). The van der Waals surface area contributed by atoms with Crippen LogP contribution in [0.15, 0.2) is 0 Å². The van der Waals surface area contributed by atoms with E-state index in [1.807, 2.05) is 0 Å². The predicted molar refractivity (Wildman–Crippen MR) is 55.4 cm³/mol. The summed E-state index contributed by atoms with van der Waals surface area (Å²) in [5.41, 5.74) is -1.06. The first-order valence-electron chi connectivity index (χ1n) is 4.97. The topological polar surface area (TPSA) is 77.8 Å². The van der Waals surface area contributed by atoms with E-state index in [9.17, 15) is 9.59 Å². The Morgan fingerprint density at radius 3 is 2.20 bits per heavy atom. The Hall–Kier alpha value is -1.10. The molecule has 0 aromatic rings. The lowest BCUT2D eigenvalue weighted by Gasteiger charge is -2.24. The van der Waals surface area contributed by atoms with E-state index in [1.165, 1.54) is 18.7 Å². The molecule has 0 unspecified atom stereocenters. The molecule has 0 aliphatic rings. The molecule has 0 aliphatic carbocycles. The van der Waals surface area contributed by atoms with Crippen molar-refractivity contribution >= 4 is 11.9 Å². The summed E-state index contributed by atoms with van der Waals surface area (Å²) in [7, 11) is 0. The van der Waals surface area contributed by atoms with E-state index in [1.54, 1.807) is 6.92 Å². The zero-order chi connectivity index (χ0) is 12.1. The van der Waals surface area contributed by atoms with Crippen molar-refractivity contribution < 1.29 is 19.8 Å². The van der Waals surface area contributed by atoms with Gasteiger partial charge in [-0.2, -0.15) is 0 Å². The molecule has 0 bridgehead atoms. The smallest absolute Gasteiger partial charge is 0.309 e. The van der Waals surface area contributed by atoms with Gasteiger partial charge in [-0.25, -0.2) is 0 Å². The molecular weight excluding hydrogens is 198 g/mol. The number of amides is 1. The highest BCUT2D eigenvalue weighted by Gasteiger charge is 2.31. The Kier molecular flexibility index (Phi) is 5.28. The molecule has 5 nitrogen and oxygen atoms in total. The van der Waals surface area contributed by atoms with Crippen molar-refractivity contribution in [3.63, 3.8) is 0 Å². The highest BCUT2D eigenvalue weighted by atomic mass is 16.4. The van der Waals surface area contributed by atoms with E-state index < -0.39 is 11.4 Å². The van der Waals surface area contributed by atoms with Gasteiger partial charge >= 0.3 is 5.97 Å². The fourth-order valence-corrected chi connectivity index (χ4v) is 1.15. The van der Waals surface area contributed by atoms with Crippen LogP contribution in [-0.2, 0) is 9.59 Å². The molecule has 0 spiro atoms. The molecule has 0 aliphatic heterocycles. The van der Waals surface area contributed by atoms with Gasteiger partial charge in [0, 0.05) is 19.5 Å². The summed E-state index contributed by atoms with van der Waals surface area (Å²) >= 11 is 0. The summed E-state index contributed by atoms with van der Waals surface area (Å²) in [6, 6.07) is 0. The van der Waals surface area contributed by atoms with E-state index in [0.717, 1.165) is 0 Å². The third-order valence-corrected chi connectivity index (χ3v) is 2.28. The summed E-state index contributed by atoms with van der Waals surface area (Å²) in [6.07, 6.45) is -0.0455. The predicted octanol–water partition coefficient (Wildman–Crippen LogP) is 0.328. The Morgan fingerprint density at radius 2 is 1.87 bits per heavy atom. The molecule has 1 amide bonds. The highest BCUT2D eigenvalue weighted by molar-refractivity contribution is 5.84. The van der Waals surface area contributed by atoms with Crippen molar-refractivity contribution in [3.8, 4) is 0 Å². The van der Waals surface area contributed by atoms with Crippen LogP contribution in [0.25, 0.3) is 0 Å². The van der Waals surface area contributed by atoms with Crippen LogP contribution in [0.4, 0.5) is 0 Å². The number of likely N-dealkylation sites (N-methyl/N-ethyl adjacent to an activating group) is 1. The van der Waals surface area contributed by atoms with Crippen LogP contribution in [0.2, 0.25) is 0 Å². The van der Waals surface area contributed by atoms with Crippen LogP contribution in [-0.4, -0.2) is 46.7 Å². The van der Waals surface area contributed by atoms with Crippen molar-refractivity contribution in [2.45, 2.75) is 27.2 Å². The van der Waals surface area contributed by atoms with Gasteiger partial charge in [0.05, 0.1) is 12.0 Å². The minimum Gasteiger partial charge on any atom is -0.481 e. The van der Waals surface area contributed by atoms with Crippen molar-refractivity contribution in [2.24, 2.45) is 5.41 Å². The molecule has 5 heteroatoms. The van der Waals surface area contributed by atoms with Crippen molar-refractivity contribution in [1.82, 2.24) is 4.90 Å². The molecule has 2 N–H and O–H groups in total. The van der Waals surface area contributed by atoms with Crippen molar-refractivity contribution in [2.75, 3.05) is 19.7 Å². The fourth-order valence-electron chi connectivity index (χ4n) is 1.15. The van der Waals surface area contributed by atoms with E-state index in [0.29, 0.717) is 6.54 Å². The zero-order valence-electron chi connectivity index (χ0n) is 9.49. The average molecular weight is 217 g/mol. The lowest BCUT2D eigenvalue weighted by Crippen LogP contribution is -2.38. The largest absolute Gasteiger partial charge is 0.481 e. The molecule has 0 fully saturated rings. The van der Waals surface area contributed by atoms with Gasteiger partial charge in [0.25, 0.3) is 0 Å². The van der Waals surface area contributed by atoms with E-state index in [2.05, 4.69) is 0 Å². The fraction of sp³-hybridized carbons (Fsp3) is 0.800. The molecule has 0 atom stereocenters. The third-order valence-electron chi connectivity index (χ3n) is 2.28. The quantitative estimate of drug-likeness (QED) is 0.672. The normalized spacial score (nSPS) is 11.2. The van der Waals surface area contributed by atoms with Crippen LogP contribution in [0.3, 0.4) is 0 Å². The Balaban J connectivity index is 4.39. The number of nitrogens with zero attached hydrogens (tertiary/aromatic N) is 1. The number of carboxylic acids is 1. The van der Waals surface area contributed by atoms with Crippen LogP contribution in [0.5, 0.6) is 0 Å². The Morgan fingerprint density at radius 1 is 1.33 bits per heavy atom. The van der Waals surface area contributed by atoms with Gasteiger partial charge in [0.2, 0.25) is 5.91 Å². The molecule has 0 saturated carbocycles. The third kappa shape index (κ3) is 4.29. The Bertz CT molecular complexity index is 238. The first-order chi connectivity index (χ1) is 6.85. The molecule has 0 radical (unpaired) electrons. The molecule has 0 aromatic heterocycles. The highest BCUT2D eigenvalue weighted by Crippen LogP contribution is 2.21. The van der Waals surface area contributed by atoms with Gasteiger partial charge in [0.15, 0.2) is 0 Å². The number of hydrogen-bond donors (Lipinski definition) is 2. The number of rotatable bonds is 6. The maximum Gasteiger partial charge on any atom is 0.309 e. The lowest BCUT2D eigenvalue weighted by molar-refractivity contribution is -0.151. The van der Waals surface area contributed by atoms with Gasteiger partial charge < -0.3 is 15.1 Å². The molecule has 0 rings (SSSR count). The molecule has 0 aromatic carbocycles. The molecule has 88 valence electrons. The summed E-state index contributed by atoms with van der Waals surface area (Å²) < 4.78 is 0. The second kappa shape index (κ2) is 5.70. The summed E-state index contributed by atoms with van der Waals surface area (Å²) in [5, 5.41) is 17.6. The zero-order valence-corrected chi connectivity index (χ0v) is 9.49. The number of carbonyl (C=O) groups excluding carboxylic acids is 1. The van der Waals surface area contributed by atoms with Crippen LogP contribution in [0, 0.1) is 5.41 Å².